The summed E-state index contributed by atoms with van der Waals surface area (Å²) in [6, 6.07) is 22.2. The van der Waals surface area contributed by atoms with Gasteiger partial charge in [0.1, 0.15) is 0 Å². The van der Waals surface area contributed by atoms with Crippen LogP contribution in [0.4, 0.5) is 13.2 Å². The molecule has 0 amide bonds. The van der Waals surface area contributed by atoms with Gasteiger partial charge in [-0.15, -0.1) is 29.1 Å². The normalized spacial score (nSPS) is 12.4. The van der Waals surface area contributed by atoms with Gasteiger partial charge in [-0.3, -0.25) is 14.6 Å². The van der Waals surface area contributed by atoms with Gasteiger partial charge in [0.2, 0.25) is 0 Å². The molecule has 289 valence electrons. The van der Waals surface area contributed by atoms with Crippen LogP contribution in [0.2, 0.25) is 0 Å². The van der Waals surface area contributed by atoms with Crippen LogP contribution in [-0.4, -0.2) is 27.8 Å². The van der Waals surface area contributed by atoms with Crippen molar-refractivity contribution in [1.82, 2.24) is 4.98 Å². The van der Waals surface area contributed by atoms with Crippen LogP contribution in [0.5, 0.6) is 0 Å². The van der Waals surface area contributed by atoms with Gasteiger partial charge in [-0.1, -0.05) is 129 Å². The molecule has 0 atom stereocenters. The van der Waals surface area contributed by atoms with Crippen molar-refractivity contribution in [2.24, 2.45) is 17.3 Å². The summed E-state index contributed by atoms with van der Waals surface area (Å²) in [5.41, 5.74) is 3.45. The van der Waals surface area contributed by atoms with Gasteiger partial charge in [-0.2, -0.15) is 13.2 Å². The van der Waals surface area contributed by atoms with E-state index in [4.69, 9.17) is 0 Å². The van der Waals surface area contributed by atoms with Gasteiger partial charge in [-0.05, 0) is 59.6 Å². The zero-order valence-electron chi connectivity index (χ0n) is 32.8. The third-order valence-electron chi connectivity index (χ3n) is 9.35. The number of nitrogens with zero attached hydrogens (tertiary/aromatic N) is 1. The molecule has 4 aromatic rings. The van der Waals surface area contributed by atoms with Crippen LogP contribution >= 0.6 is 0 Å². The second kappa shape index (κ2) is 19.1. The molecule has 0 unspecified atom stereocenters. The van der Waals surface area contributed by atoms with E-state index in [-0.39, 0.29) is 59.9 Å². The number of rotatable bonds is 11. The Labute approximate surface area is 328 Å². The van der Waals surface area contributed by atoms with E-state index in [9.17, 15) is 27.9 Å². The van der Waals surface area contributed by atoms with Crippen molar-refractivity contribution >= 4 is 22.3 Å². The number of ketones is 2. The first-order valence-electron chi connectivity index (χ1n) is 18.3. The Balaban J connectivity index is 0.000000516. The maximum Gasteiger partial charge on any atom is 0.454 e. The Kier molecular flexibility index (Phi) is 16.4. The second-order valence-corrected chi connectivity index (χ2v) is 15.8. The molecule has 4 rings (SSSR count). The fourth-order valence-electron chi connectivity index (χ4n) is 6.36. The van der Waals surface area contributed by atoms with E-state index in [1.165, 1.54) is 6.08 Å². The van der Waals surface area contributed by atoms with Crippen molar-refractivity contribution < 1.29 is 48.0 Å². The fraction of sp³-hybridized carbons (Fsp3) is 0.444. The van der Waals surface area contributed by atoms with E-state index in [1.807, 2.05) is 70.2 Å². The van der Waals surface area contributed by atoms with E-state index in [1.54, 1.807) is 18.2 Å². The third-order valence-corrected chi connectivity index (χ3v) is 9.35. The summed E-state index contributed by atoms with van der Waals surface area (Å²) in [5.74, 6) is -1.36. The van der Waals surface area contributed by atoms with Gasteiger partial charge in [0.15, 0.2) is 5.78 Å². The molecular weight excluding hydrogens is 852 g/mol. The monoisotopic (exact) mass is 907 g/mol. The third kappa shape index (κ3) is 12.5. The Hall–Kier alpha value is -3.61. The molecule has 1 heterocycles. The number of benzene rings is 3. The van der Waals surface area contributed by atoms with Crippen molar-refractivity contribution in [2.75, 3.05) is 0 Å². The molecule has 0 spiro atoms. The average molecular weight is 907 g/mol. The predicted molar refractivity (Wildman–Crippen MR) is 208 cm³/mol. The molecular formula is C45H55F3IrNO3-. The van der Waals surface area contributed by atoms with Crippen LogP contribution in [0.25, 0.3) is 33.2 Å². The number of hydrogen-bond acceptors (Lipinski definition) is 4. The Morgan fingerprint density at radius 3 is 1.91 bits per heavy atom. The number of alkyl halides is 3. The van der Waals surface area contributed by atoms with Crippen LogP contribution in [0, 0.1) is 23.3 Å². The number of aliphatic hydroxyl groups excluding tert-OH is 1. The molecule has 0 saturated heterocycles. The first kappa shape index (κ1) is 45.5. The number of hydrogen-bond donors (Lipinski definition) is 1. The molecule has 1 N–H and O–H groups in total. The van der Waals surface area contributed by atoms with E-state index in [0.717, 1.165) is 60.2 Å². The number of Topliss-reactive ketones (excluding diaryl/α,β-unsaturated/α-hetero) is 1. The van der Waals surface area contributed by atoms with Gasteiger partial charge in [-0.25, -0.2) is 0 Å². The summed E-state index contributed by atoms with van der Waals surface area (Å²) in [6.07, 6.45) is 1.77. The van der Waals surface area contributed by atoms with Crippen LogP contribution in [0.15, 0.2) is 78.7 Å². The Bertz CT molecular complexity index is 1860. The summed E-state index contributed by atoms with van der Waals surface area (Å²) in [5, 5.41) is 11.7. The minimum absolute atomic E-state index is 0. The number of pyridine rings is 1. The Morgan fingerprint density at radius 2 is 1.40 bits per heavy atom. The summed E-state index contributed by atoms with van der Waals surface area (Å²) >= 11 is 0. The van der Waals surface area contributed by atoms with Crippen molar-refractivity contribution in [3.63, 3.8) is 0 Å². The van der Waals surface area contributed by atoms with E-state index < -0.39 is 17.5 Å². The second-order valence-electron chi connectivity index (χ2n) is 15.8. The van der Waals surface area contributed by atoms with Crippen molar-refractivity contribution in [3.8, 4) is 22.4 Å². The molecule has 0 bridgehead atoms. The molecule has 0 aliphatic carbocycles. The minimum Gasteiger partial charge on any atom is -0.512 e. The van der Waals surface area contributed by atoms with E-state index in [2.05, 4.69) is 52.6 Å². The fourth-order valence-corrected chi connectivity index (χ4v) is 6.36. The zero-order chi connectivity index (χ0) is 39.0. The molecule has 53 heavy (non-hydrogen) atoms. The van der Waals surface area contributed by atoms with Gasteiger partial charge in [0, 0.05) is 49.9 Å². The number of carbonyl (C=O) groups excluding carboxylic acids is 2. The average Bonchev–Trinajstić information content (AvgIpc) is 3.07. The number of aromatic nitrogens is 1. The number of fused-ring (bicyclic) bond motifs is 1. The van der Waals surface area contributed by atoms with E-state index >= 15 is 0 Å². The number of carbonyl (C=O) groups is 2. The molecule has 3 aromatic carbocycles. The maximum absolute atomic E-state index is 13.5. The number of allylic oxidation sites excluding steroid dienone is 2. The van der Waals surface area contributed by atoms with Gasteiger partial charge in [0.05, 0.1) is 11.3 Å². The molecule has 1 radical (unpaired) electrons. The number of halogens is 3. The molecule has 0 fully saturated rings. The van der Waals surface area contributed by atoms with Crippen LogP contribution in [0.3, 0.4) is 0 Å². The maximum atomic E-state index is 13.5. The van der Waals surface area contributed by atoms with E-state index in [0.29, 0.717) is 16.8 Å². The zero-order valence-corrected chi connectivity index (χ0v) is 35.2. The SMILES string of the molecule is CC(C)(C)Cc1ccc(-c2cc(-c3[c-]c4ccccc4c(C(C)(C)C)c3)ncc2C(=O)C(F)(F)F)cc1.CCC(CC)C(=O)/C=C(\O)C(CC)CC.[Ir]. The standard InChI is InChI=1S/C32H31F3NO.C13H24O2.Ir/c1-30(2,3)18-20-11-13-21(14-12-20)25-17-28(36-19-26(25)29(37)32(33,34)35)23-15-22-9-7-8-10-24(22)27(16-23)31(4,5)6;1-5-10(6-2)12(14)9-13(15)11(7-3)8-4;/h7-14,16-17,19H,18H2,1-6H3;9-11,14H,5-8H2,1-4H3;/q-1;;/b;12-9-;. The quantitative estimate of drug-likeness (QED) is 0.0705. The summed E-state index contributed by atoms with van der Waals surface area (Å²) in [4.78, 5) is 28.4. The smallest absolute Gasteiger partial charge is 0.454 e. The molecule has 0 saturated carbocycles. The minimum atomic E-state index is -5.00. The van der Waals surface area contributed by atoms with Crippen molar-refractivity contribution in [3.05, 3.63) is 101 Å². The van der Waals surface area contributed by atoms with Gasteiger partial charge >= 0.3 is 6.18 Å². The Morgan fingerprint density at radius 1 is 0.830 bits per heavy atom. The van der Waals surface area contributed by atoms with Crippen LogP contribution in [0.1, 0.15) is 116 Å². The number of aliphatic hydroxyl groups is 1. The first-order valence-corrected chi connectivity index (χ1v) is 18.3. The van der Waals surface area contributed by atoms with Gasteiger partial charge < -0.3 is 5.11 Å². The predicted octanol–water partition coefficient (Wildman–Crippen LogP) is 12.9. The first-order chi connectivity index (χ1) is 24.2. The van der Waals surface area contributed by atoms with Crippen molar-refractivity contribution in [2.45, 2.75) is 113 Å². The molecule has 8 heteroatoms. The molecule has 4 nitrogen and oxygen atoms in total. The van der Waals surface area contributed by atoms with Gasteiger partial charge in [0.25, 0.3) is 5.78 Å². The summed E-state index contributed by atoms with van der Waals surface area (Å²) in [6.45, 7) is 20.8. The molecule has 0 aliphatic heterocycles. The summed E-state index contributed by atoms with van der Waals surface area (Å²) < 4.78 is 40.4. The van der Waals surface area contributed by atoms with Crippen LogP contribution in [-0.2, 0) is 36.7 Å². The molecule has 0 aliphatic rings. The van der Waals surface area contributed by atoms with Crippen LogP contribution < -0.4 is 0 Å². The van der Waals surface area contributed by atoms with Crippen molar-refractivity contribution in [1.29, 1.82) is 0 Å². The largest absolute Gasteiger partial charge is 0.512 e. The summed E-state index contributed by atoms with van der Waals surface area (Å²) in [7, 11) is 0. The molecule has 1 aromatic heterocycles. The topological polar surface area (TPSA) is 67.3 Å².